The number of nitrogens with one attached hydrogen (secondary N) is 1. The quantitative estimate of drug-likeness (QED) is 0.598. The van der Waals surface area contributed by atoms with Crippen LogP contribution < -0.4 is 26.5 Å². The SMILES string of the molecule is Cn1c2c(c(=O)n(C)c1=O)N(Cc1ccc(F)cc1)C(N1CCC3CNCC31)N2OC(=O)C(F)(F)F. The monoisotopic (exact) mass is 512 g/mol. The Bertz CT molecular complexity index is 1310. The maximum absolute atomic E-state index is 13.5. The summed E-state index contributed by atoms with van der Waals surface area (Å²) in [5.41, 5.74) is -1.09. The first kappa shape index (κ1) is 24.3. The first-order valence-electron chi connectivity index (χ1n) is 11.3. The number of carbonyl (C=O) groups is 1. The molecule has 2 fully saturated rings. The van der Waals surface area contributed by atoms with Crippen molar-refractivity contribution in [3.05, 3.63) is 56.5 Å². The molecule has 2 saturated heterocycles. The lowest BCUT2D eigenvalue weighted by molar-refractivity contribution is -0.203. The maximum atomic E-state index is 13.5. The summed E-state index contributed by atoms with van der Waals surface area (Å²) >= 11 is 0. The number of hydrogen-bond acceptors (Lipinski definition) is 8. The van der Waals surface area contributed by atoms with Crippen LogP contribution in [-0.2, 0) is 30.3 Å². The van der Waals surface area contributed by atoms with E-state index in [4.69, 9.17) is 4.84 Å². The van der Waals surface area contributed by atoms with E-state index in [1.54, 1.807) is 0 Å². The molecule has 3 aliphatic heterocycles. The summed E-state index contributed by atoms with van der Waals surface area (Å²) in [6.07, 6.45) is -5.71. The van der Waals surface area contributed by atoms with Gasteiger partial charge in [-0.05, 0) is 36.6 Å². The van der Waals surface area contributed by atoms with E-state index < -0.39 is 35.5 Å². The molecular formula is C22H24F4N6O4. The zero-order chi connectivity index (χ0) is 25.9. The second-order valence-corrected chi connectivity index (χ2v) is 9.19. The molecule has 10 nitrogen and oxygen atoms in total. The van der Waals surface area contributed by atoms with Gasteiger partial charge in [-0.2, -0.15) is 13.2 Å². The number of likely N-dealkylation sites (tertiary alicyclic amines) is 1. The Morgan fingerprint density at radius 3 is 2.47 bits per heavy atom. The van der Waals surface area contributed by atoms with Crippen molar-refractivity contribution in [2.24, 2.45) is 20.0 Å². The minimum absolute atomic E-state index is 0.0211. The molecule has 36 heavy (non-hydrogen) atoms. The van der Waals surface area contributed by atoms with Crippen LogP contribution in [0.5, 0.6) is 0 Å². The summed E-state index contributed by atoms with van der Waals surface area (Å²) in [5.74, 6) is -3.00. The van der Waals surface area contributed by atoms with Crippen LogP contribution in [0.2, 0.25) is 0 Å². The van der Waals surface area contributed by atoms with E-state index >= 15 is 0 Å². The Kier molecular flexibility index (Phi) is 5.82. The number of hydroxylamine groups is 1. The first-order chi connectivity index (χ1) is 17.0. The summed E-state index contributed by atoms with van der Waals surface area (Å²) in [7, 11) is 2.55. The number of alkyl halides is 3. The molecule has 14 heteroatoms. The normalized spacial score (nSPS) is 23.8. The lowest BCUT2D eigenvalue weighted by Gasteiger charge is -2.39. The fraction of sp³-hybridized carbons (Fsp3) is 0.500. The Labute approximate surface area is 202 Å². The molecule has 3 unspecified atom stereocenters. The molecule has 3 atom stereocenters. The average Bonchev–Trinajstić information content (AvgIpc) is 3.51. The zero-order valence-electron chi connectivity index (χ0n) is 19.5. The van der Waals surface area contributed by atoms with Crippen LogP contribution in [0.3, 0.4) is 0 Å². The predicted molar refractivity (Wildman–Crippen MR) is 119 cm³/mol. The molecule has 0 radical (unpaired) electrons. The Balaban J connectivity index is 1.69. The summed E-state index contributed by atoms with van der Waals surface area (Å²) in [6, 6.07) is 5.34. The minimum Gasteiger partial charge on any atom is -0.327 e. The summed E-state index contributed by atoms with van der Waals surface area (Å²) in [6.45, 7) is 1.72. The maximum Gasteiger partial charge on any atom is 0.493 e. The molecule has 1 aromatic heterocycles. The minimum atomic E-state index is -5.31. The van der Waals surface area contributed by atoms with Crippen LogP contribution in [0, 0.1) is 11.7 Å². The van der Waals surface area contributed by atoms with Crippen molar-refractivity contribution in [3.63, 3.8) is 0 Å². The fourth-order valence-corrected chi connectivity index (χ4v) is 5.33. The topological polar surface area (TPSA) is 92.1 Å². The molecule has 194 valence electrons. The van der Waals surface area contributed by atoms with Crippen molar-refractivity contribution >= 4 is 17.5 Å². The van der Waals surface area contributed by atoms with E-state index in [1.807, 2.05) is 4.90 Å². The van der Waals surface area contributed by atoms with Crippen molar-refractivity contribution in [2.45, 2.75) is 31.5 Å². The van der Waals surface area contributed by atoms with Gasteiger partial charge in [-0.1, -0.05) is 12.1 Å². The van der Waals surface area contributed by atoms with Gasteiger partial charge < -0.3 is 15.1 Å². The molecular weight excluding hydrogens is 488 g/mol. The van der Waals surface area contributed by atoms with E-state index in [-0.39, 0.29) is 30.0 Å². The van der Waals surface area contributed by atoms with Crippen molar-refractivity contribution in [3.8, 4) is 0 Å². The molecule has 0 bridgehead atoms. The molecule has 5 rings (SSSR count). The van der Waals surface area contributed by atoms with Gasteiger partial charge in [0.15, 0.2) is 17.8 Å². The highest BCUT2D eigenvalue weighted by molar-refractivity contribution is 5.80. The fourth-order valence-electron chi connectivity index (χ4n) is 5.33. The molecule has 0 saturated carbocycles. The largest absolute Gasteiger partial charge is 0.493 e. The van der Waals surface area contributed by atoms with Crippen molar-refractivity contribution in [1.29, 1.82) is 0 Å². The number of benzene rings is 1. The summed E-state index contributed by atoms with van der Waals surface area (Å²) < 4.78 is 55.3. The van der Waals surface area contributed by atoms with Gasteiger partial charge in [-0.3, -0.25) is 18.8 Å². The Morgan fingerprint density at radius 2 is 1.81 bits per heavy atom. The lowest BCUT2D eigenvalue weighted by Crippen LogP contribution is -2.58. The second-order valence-electron chi connectivity index (χ2n) is 9.19. The Morgan fingerprint density at radius 1 is 1.11 bits per heavy atom. The van der Waals surface area contributed by atoms with E-state index in [9.17, 15) is 31.9 Å². The molecule has 0 aliphatic carbocycles. The van der Waals surface area contributed by atoms with E-state index in [0.717, 1.165) is 27.2 Å². The first-order valence-corrected chi connectivity index (χ1v) is 11.3. The van der Waals surface area contributed by atoms with Crippen LogP contribution in [0.1, 0.15) is 12.0 Å². The number of aromatic nitrogens is 2. The van der Waals surface area contributed by atoms with Crippen molar-refractivity contribution in [2.75, 3.05) is 29.6 Å². The van der Waals surface area contributed by atoms with Gasteiger partial charge in [0.05, 0.1) is 0 Å². The van der Waals surface area contributed by atoms with Gasteiger partial charge in [0.25, 0.3) is 5.56 Å². The highest BCUT2D eigenvalue weighted by Crippen LogP contribution is 2.42. The van der Waals surface area contributed by atoms with Gasteiger partial charge in [0.2, 0.25) is 0 Å². The standard InChI is InChI=1S/C22H24F4N6O4/c1-28-17-16(18(33)29(2)21(28)35)31(11-12-3-5-14(23)6-4-12)20(32(17)36-19(34)22(24,25)26)30-8-7-13-9-27-10-15(13)30/h3-6,13,15,20,27H,7-11H2,1-2H3. The van der Waals surface area contributed by atoms with E-state index in [2.05, 4.69) is 5.32 Å². The lowest BCUT2D eigenvalue weighted by atomic mass is 10.1. The van der Waals surface area contributed by atoms with Gasteiger partial charge in [0.1, 0.15) is 5.82 Å². The highest BCUT2D eigenvalue weighted by Gasteiger charge is 2.54. The molecule has 3 aliphatic rings. The Hall–Kier alpha value is -3.39. The third kappa shape index (κ3) is 3.84. The van der Waals surface area contributed by atoms with Gasteiger partial charge in [-0.25, -0.2) is 14.0 Å². The van der Waals surface area contributed by atoms with Crippen molar-refractivity contribution in [1.82, 2.24) is 19.4 Å². The zero-order valence-corrected chi connectivity index (χ0v) is 19.5. The third-order valence-electron chi connectivity index (χ3n) is 7.06. The number of fused-ring (bicyclic) bond motifs is 2. The molecule has 1 aromatic carbocycles. The van der Waals surface area contributed by atoms with Crippen LogP contribution in [0.4, 0.5) is 29.1 Å². The molecule has 1 N–H and O–H groups in total. The van der Waals surface area contributed by atoms with E-state index in [1.165, 1.54) is 43.3 Å². The predicted octanol–water partition coefficient (Wildman–Crippen LogP) is 0.647. The average molecular weight is 512 g/mol. The van der Waals surface area contributed by atoms with Crippen molar-refractivity contribution < 1.29 is 27.2 Å². The van der Waals surface area contributed by atoms with Gasteiger partial charge >= 0.3 is 17.8 Å². The van der Waals surface area contributed by atoms with Crippen LogP contribution >= 0.6 is 0 Å². The number of hydrogen-bond donors (Lipinski definition) is 1. The summed E-state index contributed by atoms with van der Waals surface area (Å²) in [4.78, 5) is 46.4. The molecule has 0 spiro atoms. The molecule has 2 aromatic rings. The number of rotatable bonds is 4. The number of carbonyl (C=O) groups excluding carboxylic acids is 1. The highest BCUT2D eigenvalue weighted by atomic mass is 19.4. The molecule has 0 amide bonds. The summed E-state index contributed by atoms with van der Waals surface area (Å²) in [5, 5.41) is 3.98. The van der Waals surface area contributed by atoms with E-state index in [0.29, 0.717) is 18.7 Å². The van der Waals surface area contributed by atoms with Crippen LogP contribution in [-0.4, -0.2) is 58.1 Å². The number of halogens is 4. The van der Waals surface area contributed by atoms with Gasteiger partial charge in [0, 0.05) is 39.8 Å². The number of anilines is 2. The van der Waals surface area contributed by atoms with Crippen LogP contribution in [0.15, 0.2) is 33.9 Å². The second kappa shape index (κ2) is 8.62. The van der Waals surface area contributed by atoms with Crippen LogP contribution in [0.25, 0.3) is 0 Å². The van der Waals surface area contributed by atoms with Gasteiger partial charge in [-0.15, -0.1) is 5.06 Å². The number of nitrogens with zero attached hydrogens (tertiary/aromatic N) is 5. The third-order valence-corrected chi connectivity index (χ3v) is 7.06. The smallest absolute Gasteiger partial charge is 0.327 e. The molecule has 4 heterocycles.